The minimum Gasteiger partial charge on any atom is -0.325 e. The van der Waals surface area contributed by atoms with Crippen LogP contribution in [0.1, 0.15) is 58.8 Å². The minimum atomic E-state index is -3.56. The zero-order valence-corrected chi connectivity index (χ0v) is 23.3. The second-order valence-electron chi connectivity index (χ2n) is 11.4. The summed E-state index contributed by atoms with van der Waals surface area (Å²) in [7, 11) is -6.85. The summed E-state index contributed by atoms with van der Waals surface area (Å²) in [5.41, 5.74) is 0.0686. The fourth-order valence-corrected chi connectivity index (χ4v) is 8.91. The molecule has 1 amide bonds. The van der Waals surface area contributed by atoms with Crippen LogP contribution in [0.3, 0.4) is 0 Å². The zero-order chi connectivity index (χ0) is 26.2. The summed E-state index contributed by atoms with van der Waals surface area (Å²) in [5.74, 6) is -0.180. The van der Waals surface area contributed by atoms with Crippen molar-refractivity contribution in [3.63, 3.8) is 0 Å². The third-order valence-electron chi connectivity index (χ3n) is 8.18. The molecule has 202 valence electrons. The van der Waals surface area contributed by atoms with Gasteiger partial charge in [-0.15, -0.1) is 0 Å². The Kier molecular flexibility index (Phi) is 7.89. The molecule has 0 unspecified atom stereocenters. The standard InChI is InChI=1S/C25H40N4O5S2/c1-24(2)10-11-25(20-29(24)35(3,31)32)12-16-27(17-13-25)19-23(30)26-21-8-7-9-22(18-21)36(33,34)28-14-5-4-6-15-28/h7-9,18H,4-6,10-17,19-20H2,1-3H3,(H,26,30). The van der Waals surface area contributed by atoms with Crippen LogP contribution in [0.5, 0.6) is 0 Å². The largest absolute Gasteiger partial charge is 0.325 e. The van der Waals surface area contributed by atoms with Crippen LogP contribution in [0, 0.1) is 5.41 Å². The lowest BCUT2D eigenvalue weighted by Crippen LogP contribution is -2.58. The molecule has 3 aliphatic rings. The van der Waals surface area contributed by atoms with E-state index in [0.29, 0.717) is 25.3 Å². The first-order chi connectivity index (χ1) is 16.8. The van der Waals surface area contributed by atoms with Crippen molar-refractivity contribution < 1.29 is 21.6 Å². The minimum absolute atomic E-state index is 0.0390. The highest BCUT2D eigenvalue weighted by Crippen LogP contribution is 2.45. The van der Waals surface area contributed by atoms with Crippen LogP contribution in [0.4, 0.5) is 5.69 Å². The fourth-order valence-electron chi connectivity index (χ4n) is 5.85. The van der Waals surface area contributed by atoms with Crippen LogP contribution >= 0.6 is 0 Å². The number of sulfonamides is 2. The van der Waals surface area contributed by atoms with E-state index >= 15 is 0 Å². The number of likely N-dealkylation sites (tertiary alicyclic amines) is 1. The maximum Gasteiger partial charge on any atom is 0.243 e. The zero-order valence-electron chi connectivity index (χ0n) is 21.7. The van der Waals surface area contributed by atoms with Crippen molar-refractivity contribution >= 4 is 31.6 Å². The Morgan fingerprint density at radius 1 is 0.944 bits per heavy atom. The van der Waals surface area contributed by atoms with Gasteiger partial charge in [-0.3, -0.25) is 9.69 Å². The Labute approximate surface area is 216 Å². The van der Waals surface area contributed by atoms with Crippen LogP contribution in [0.15, 0.2) is 29.2 Å². The topological polar surface area (TPSA) is 107 Å². The van der Waals surface area contributed by atoms with E-state index in [2.05, 4.69) is 10.2 Å². The van der Waals surface area contributed by atoms with Crippen molar-refractivity contribution in [1.29, 1.82) is 0 Å². The summed E-state index contributed by atoms with van der Waals surface area (Å²) in [6.45, 7) is 7.28. The number of nitrogens with zero attached hydrogens (tertiary/aromatic N) is 3. The number of amides is 1. The molecule has 11 heteroatoms. The Morgan fingerprint density at radius 3 is 2.25 bits per heavy atom. The number of carbonyl (C=O) groups is 1. The van der Waals surface area contributed by atoms with E-state index in [9.17, 15) is 21.6 Å². The third-order valence-corrected chi connectivity index (χ3v) is 11.5. The molecule has 3 heterocycles. The van der Waals surface area contributed by atoms with Gasteiger partial charge in [0.15, 0.2) is 0 Å². The molecule has 9 nitrogen and oxygen atoms in total. The van der Waals surface area contributed by atoms with Crippen LogP contribution in [0.2, 0.25) is 0 Å². The Hall–Kier alpha value is -1.53. The highest BCUT2D eigenvalue weighted by Gasteiger charge is 2.47. The Morgan fingerprint density at radius 2 is 1.61 bits per heavy atom. The van der Waals surface area contributed by atoms with Crippen molar-refractivity contribution in [1.82, 2.24) is 13.5 Å². The molecule has 36 heavy (non-hydrogen) atoms. The van der Waals surface area contributed by atoms with Gasteiger partial charge in [-0.25, -0.2) is 16.8 Å². The quantitative estimate of drug-likeness (QED) is 0.595. The van der Waals surface area contributed by atoms with Crippen LogP contribution < -0.4 is 5.32 Å². The molecule has 1 spiro atoms. The average molecular weight is 541 g/mol. The van der Waals surface area contributed by atoms with Crippen molar-refractivity contribution in [2.24, 2.45) is 5.41 Å². The summed E-state index contributed by atoms with van der Waals surface area (Å²) in [6, 6.07) is 6.49. The van der Waals surface area contributed by atoms with Gasteiger partial charge in [-0.05, 0) is 89.1 Å². The number of anilines is 1. The molecular weight excluding hydrogens is 500 g/mol. The average Bonchev–Trinajstić information content (AvgIpc) is 2.82. The third kappa shape index (κ3) is 6.12. The van der Waals surface area contributed by atoms with Gasteiger partial charge < -0.3 is 5.32 Å². The van der Waals surface area contributed by atoms with E-state index in [1.807, 2.05) is 13.8 Å². The number of piperidine rings is 3. The number of hydrogen-bond acceptors (Lipinski definition) is 6. The first-order valence-electron chi connectivity index (χ1n) is 12.9. The molecule has 0 aliphatic carbocycles. The molecule has 0 saturated carbocycles. The van der Waals surface area contributed by atoms with Gasteiger partial charge in [0, 0.05) is 30.9 Å². The van der Waals surface area contributed by atoms with Gasteiger partial charge in [0.2, 0.25) is 26.0 Å². The van der Waals surface area contributed by atoms with Gasteiger partial charge in [0.25, 0.3) is 0 Å². The molecule has 1 aromatic rings. The number of carbonyl (C=O) groups excluding carboxylic acids is 1. The summed E-state index contributed by atoms with van der Waals surface area (Å²) in [4.78, 5) is 15.1. The van der Waals surface area contributed by atoms with Crippen molar-refractivity contribution in [2.45, 2.75) is 69.2 Å². The molecule has 3 saturated heterocycles. The molecule has 1 N–H and O–H groups in total. The second-order valence-corrected chi connectivity index (χ2v) is 15.2. The first-order valence-corrected chi connectivity index (χ1v) is 16.2. The van der Waals surface area contributed by atoms with E-state index in [1.165, 1.54) is 16.6 Å². The molecule has 0 aromatic heterocycles. The van der Waals surface area contributed by atoms with E-state index in [0.717, 1.165) is 58.0 Å². The number of hydrogen-bond donors (Lipinski definition) is 1. The van der Waals surface area contributed by atoms with Crippen molar-refractivity contribution in [3.05, 3.63) is 24.3 Å². The number of nitrogens with one attached hydrogen (secondary N) is 1. The lowest BCUT2D eigenvalue weighted by molar-refractivity contribution is -0.118. The van der Waals surface area contributed by atoms with E-state index in [1.54, 1.807) is 22.5 Å². The van der Waals surface area contributed by atoms with Gasteiger partial charge in [-0.1, -0.05) is 12.5 Å². The number of benzene rings is 1. The van der Waals surface area contributed by atoms with Crippen LogP contribution in [-0.2, 0) is 24.8 Å². The first kappa shape index (κ1) is 27.5. The lowest BCUT2D eigenvalue weighted by Gasteiger charge is -2.52. The smallest absolute Gasteiger partial charge is 0.243 e. The summed E-state index contributed by atoms with van der Waals surface area (Å²) in [6.07, 6.45) is 7.61. The Balaban J connectivity index is 1.33. The molecule has 0 bridgehead atoms. The fraction of sp³-hybridized carbons (Fsp3) is 0.720. The van der Waals surface area contributed by atoms with Crippen molar-refractivity contribution in [2.75, 3.05) is 50.8 Å². The lowest BCUT2D eigenvalue weighted by atomic mass is 9.69. The summed E-state index contributed by atoms with van der Waals surface area (Å²) < 4.78 is 54.0. The van der Waals surface area contributed by atoms with Gasteiger partial charge in [0.1, 0.15) is 0 Å². The maximum atomic E-state index is 13.0. The predicted octanol–water partition coefficient (Wildman–Crippen LogP) is 2.72. The molecular formula is C25H40N4O5S2. The molecule has 3 aliphatic heterocycles. The molecule has 1 aromatic carbocycles. The van der Waals surface area contributed by atoms with Gasteiger partial charge >= 0.3 is 0 Å². The van der Waals surface area contributed by atoms with Crippen LogP contribution in [0.25, 0.3) is 0 Å². The highest BCUT2D eigenvalue weighted by molar-refractivity contribution is 7.89. The monoisotopic (exact) mass is 540 g/mol. The Bertz CT molecular complexity index is 1170. The van der Waals surface area contributed by atoms with Crippen LogP contribution in [-0.4, -0.2) is 87.3 Å². The van der Waals surface area contributed by atoms with E-state index in [-0.39, 0.29) is 28.3 Å². The number of rotatable bonds is 6. The van der Waals surface area contributed by atoms with Gasteiger partial charge in [-0.2, -0.15) is 8.61 Å². The molecule has 3 fully saturated rings. The molecule has 0 radical (unpaired) electrons. The van der Waals surface area contributed by atoms with E-state index < -0.39 is 20.0 Å². The SMILES string of the molecule is CC1(C)CCC2(CCN(CC(=O)Nc3cccc(S(=O)(=O)N4CCCCC4)c3)CC2)CN1S(C)(=O)=O. The molecule has 0 atom stereocenters. The second kappa shape index (κ2) is 10.3. The maximum absolute atomic E-state index is 13.0. The van der Waals surface area contributed by atoms with Crippen molar-refractivity contribution in [3.8, 4) is 0 Å². The summed E-state index contributed by atoms with van der Waals surface area (Å²) >= 11 is 0. The predicted molar refractivity (Wildman–Crippen MR) is 141 cm³/mol. The summed E-state index contributed by atoms with van der Waals surface area (Å²) in [5, 5.41) is 2.86. The van der Waals surface area contributed by atoms with E-state index in [4.69, 9.17) is 0 Å². The van der Waals surface area contributed by atoms with Gasteiger partial charge in [0.05, 0.1) is 17.7 Å². The highest BCUT2D eigenvalue weighted by atomic mass is 32.2. The molecule has 4 rings (SSSR count). The normalized spacial score (nSPS) is 24.0.